The number of hydrogen-bond acceptors (Lipinski definition) is 5. The summed E-state index contributed by atoms with van der Waals surface area (Å²) in [6.45, 7) is 2.07. The lowest BCUT2D eigenvalue weighted by Gasteiger charge is -2.08. The van der Waals surface area contributed by atoms with Crippen molar-refractivity contribution in [1.29, 1.82) is 0 Å². The summed E-state index contributed by atoms with van der Waals surface area (Å²) in [5, 5.41) is 10.2. The zero-order valence-corrected chi connectivity index (χ0v) is 18.7. The van der Waals surface area contributed by atoms with Crippen molar-refractivity contribution >= 4 is 34.8 Å². The van der Waals surface area contributed by atoms with Gasteiger partial charge in [0.25, 0.3) is 11.8 Å². The number of hydrogen-bond donors (Lipinski definition) is 2. The molecule has 9 heteroatoms. The summed E-state index contributed by atoms with van der Waals surface area (Å²) in [7, 11) is 1.73. The van der Waals surface area contributed by atoms with E-state index in [0.29, 0.717) is 33.6 Å². The fourth-order valence-corrected chi connectivity index (χ4v) is 3.33. The smallest absolute Gasteiger partial charge is 0.291 e. The van der Waals surface area contributed by atoms with Crippen molar-refractivity contribution in [2.75, 3.05) is 10.6 Å². The molecule has 0 saturated carbocycles. The Morgan fingerprint density at radius 2 is 1.79 bits per heavy atom. The number of benzene rings is 2. The van der Waals surface area contributed by atoms with Gasteiger partial charge in [-0.3, -0.25) is 14.3 Å². The fraction of sp³-hybridized carbons (Fsp3) is 0.125. The minimum Gasteiger partial charge on any atom is -0.485 e. The zero-order valence-electron chi connectivity index (χ0n) is 18.0. The second-order valence-electron chi connectivity index (χ2n) is 7.33. The predicted molar refractivity (Wildman–Crippen MR) is 125 cm³/mol. The quantitative estimate of drug-likeness (QED) is 0.398. The van der Waals surface area contributed by atoms with Gasteiger partial charge >= 0.3 is 0 Å². The second kappa shape index (κ2) is 9.62. The number of ether oxygens (including phenoxy) is 1. The number of carbonyl (C=O) groups is 2. The fourth-order valence-electron chi connectivity index (χ4n) is 3.10. The van der Waals surface area contributed by atoms with Gasteiger partial charge in [0.05, 0.1) is 0 Å². The van der Waals surface area contributed by atoms with Crippen LogP contribution in [0.1, 0.15) is 32.4 Å². The van der Waals surface area contributed by atoms with Gasteiger partial charge in [-0.05, 0) is 67.1 Å². The molecule has 2 aromatic heterocycles. The number of carbonyl (C=O) groups excluding carboxylic acids is 2. The van der Waals surface area contributed by atoms with Crippen molar-refractivity contribution in [1.82, 2.24) is 9.78 Å². The van der Waals surface area contributed by atoms with E-state index in [2.05, 4.69) is 15.7 Å². The molecule has 0 fully saturated rings. The molecule has 8 nitrogen and oxygen atoms in total. The third kappa shape index (κ3) is 5.61. The molecule has 2 amide bonds. The van der Waals surface area contributed by atoms with Crippen LogP contribution in [0.4, 0.5) is 11.4 Å². The van der Waals surface area contributed by atoms with Crippen LogP contribution in [-0.2, 0) is 13.7 Å². The third-order valence-corrected chi connectivity index (χ3v) is 4.95. The number of anilines is 2. The molecule has 33 heavy (non-hydrogen) atoms. The topological polar surface area (TPSA) is 98.4 Å². The maximum atomic E-state index is 12.6. The average Bonchev–Trinajstić information content (AvgIpc) is 3.43. The summed E-state index contributed by atoms with van der Waals surface area (Å²) in [4.78, 5) is 24.9. The van der Waals surface area contributed by atoms with E-state index in [-0.39, 0.29) is 18.3 Å². The van der Waals surface area contributed by atoms with Gasteiger partial charge < -0.3 is 19.8 Å². The molecule has 4 aromatic rings. The number of aryl methyl sites for hydroxylation is 2. The van der Waals surface area contributed by atoms with Crippen LogP contribution in [-0.4, -0.2) is 21.6 Å². The molecular weight excluding hydrogens is 444 g/mol. The number of rotatable bonds is 7. The van der Waals surface area contributed by atoms with E-state index in [1.165, 1.54) is 0 Å². The van der Waals surface area contributed by atoms with Crippen LogP contribution in [0.5, 0.6) is 5.75 Å². The Kier molecular flexibility index (Phi) is 6.46. The first-order valence-electron chi connectivity index (χ1n) is 10.1. The van der Waals surface area contributed by atoms with Gasteiger partial charge in [-0.15, -0.1) is 0 Å². The highest BCUT2D eigenvalue weighted by atomic mass is 35.5. The lowest BCUT2D eigenvalue weighted by Crippen LogP contribution is -2.14. The number of nitrogens with one attached hydrogen (secondary N) is 2. The second-order valence-corrected chi connectivity index (χ2v) is 7.76. The van der Waals surface area contributed by atoms with Gasteiger partial charge in [0.1, 0.15) is 18.1 Å². The molecule has 0 radical (unpaired) electrons. The Morgan fingerprint density at radius 3 is 2.48 bits per heavy atom. The minimum atomic E-state index is -0.419. The van der Waals surface area contributed by atoms with Crippen LogP contribution in [0.2, 0.25) is 5.02 Å². The van der Waals surface area contributed by atoms with Gasteiger partial charge in [-0.2, -0.15) is 5.10 Å². The number of halogens is 1. The molecule has 2 heterocycles. The number of aromatic nitrogens is 2. The van der Waals surface area contributed by atoms with Crippen LogP contribution in [0.3, 0.4) is 0 Å². The number of amides is 2. The van der Waals surface area contributed by atoms with E-state index in [4.69, 9.17) is 20.8 Å². The van der Waals surface area contributed by atoms with E-state index >= 15 is 0 Å². The maximum Gasteiger partial charge on any atom is 0.291 e. The molecule has 0 saturated heterocycles. The molecule has 168 valence electrons. The molecule has 2 aromatic carbocycles. The van der Waals surface area contributed by atoms with E-state index in [1.807, 2.05) is 13.0 Å². The van der Waals surface area contributed by atoms with Gasteiger partial charge in [-0.25, -0.2) is 0 Å². The summed E-state index contributed by atoms with van der Waals surface area (Å²) in [5.41, 5.74) is 2.23. The molecule has 0 spiro atoms. The molecule has 0 atom stereocenters. The first-order chi connectivity index (χ1) is 15.9. The predicted octanol–water partition coefficient (Wildman–Crippen LogP) is 5.06. The van der Waals surface area contributed by atoms with Crippen molar-refractivity contribution in [3.63, 3.8) is 0 Å². The van der Waals surface area contributed by atoms with Gasteiger partial charge in [0.2, 0.25) is 0 Å². The summed E-state index contributed by atoms with van der Waals surface area (Å²) >= 11 is 5.96. The lowest BCUT2D eigenvalue weighted by molar-refractivity contribution is 0.0991. The van der Waals surface area contributed by atoms with Crippen molar-refractivity contribution in [3.05, 3.63) is 94.7 Å². The van der Waals surface area contributed by atoms with E-state index in [0.717, 1.165) is 5.56 Å². The van der Waals surface area contributed by atoms with Crippen molar-refractivity contribution in [3.8, 4) is 5.75 Å². The van der Waals surface area contributed by atoms with Gasteiger partial charge in [0, 0.05) is 29.6 Å². The Balaban J connectivity index is 1.36. The summed E-state index contributed by atoms with van der Waals surface area (Å²) in [6.07, 6.45) is 1.69. The summed E-state index contributed by atoms with van der Waals surface area (Å²) in [5.74, 6) is 0.574. The van der Waals surface area contributed by atoms with Crippen molar-refractivity contribution < 1.29 is 18.7 Å². The van der Waals surface area contributed by atoms with Crippen LogP contribution < -0.4 is 15.4 Å². The standard InChI is InChI=1S/C24H21ClN4O4/c1-15-12-16(25)6-8-21(15)32-14-19-7-9-22(33-19)24(31)27-18-5-3-4-17(13-18)26-23(30)20-10-11-29(2)28-20/h3-13H,14H2,1-2H3,(H,26,30)(H,27,31). The van der Waals surface area contributed by atoms with Gasteiger partial charge in [0.15, 0.2) is 11.5 Å². The summed E-state index contributed by atoms with van der Waals surface area (Å²) < 4.78 is 12.9. The summed E-state index contributed by atoms with van der Waals surface area (Å²) in [6, 6.07) is 17.0. The molecule has 0 aliphatic heterocycles. The van der Waals surface area contributed by atoms with Crippen molar-refractivity contribution in [2.24, 2.45) is 7.05 Å². The van der Waals surface area contributed by atoms with Crippen LogP contribution in [0.25, 0.3) is 0 Å². The van der Waals surface area contributed by atoms with Crippen LogP contribution in [0.15, 0.2) is 71.3 Å². The largest absolute Gasteiger partial charge is 0.485 e. The molecular formula is C24H21ClN4O4. The zero-order chi connectivity index (χ0) is 23.4. The Bertz CT molecular complexity index is 1310. The molecule has 0 aliphatic carbocycles. The van der Waals surface area contributed by atoms with E-state index in [1.54, 1.807) is 72.5 Å². The monoisotopic (exact) mass is 464 g/mol. The van der Waals surface area contributed by atoms with Gasteiger partial charge in [-0.1, -0.05) is 17.7 Å². The third-order valence-electron chi connectivity index (χ3n) is 4.72. The maximum absolute atomic E-state index is 12.6. The molecule has 0 aliphatic rings. The Morgan fingerprint density at radius 1 is 1.03 bits per heavy atom. The van der Waals surface area contributed by atoms with Crippen molar-refractivity contribution in [2.45, 2.75) is 13.5 Å². The SMILES string of the molecule is Cc1cc(Cl)ccc1OCc1ccc(C(=O)Nc2cccc(NC(=O)c3ccn(C)n3)c2)o1. The number of furan rings is 1. The first kappa shape index (κ1) is 22.2. The van der Waals surface area contributed by atoms with E-state index in [9.17, 15) is 9.59 Å². The molecule has 0 unspecified atom stereocenters. The molecule has 0 bridgehead atoms. The molecule has 4 rings (SSSR count). The minimum absolute atomic E-state index is 0.143. The first-order valence-corrected chi connectivity index (χ1v) is 10.5. The highest BCUT2D eigenvalue weighted by molar-refractivity contribution is 6.30. The highest BCUT2D eigenvalue weighted by Gasteiger charge is 2.14. The van der Waals surface area contributed by atoms with E-state index < -0.39 is 5.91 Å². The lowest BCUT2D eigenvalue weighted by atomic mass is 10.2. The number of nitrogens with zero attached hydrogens (tertiary/aromatic N) is 2. The van der Waals surface area contributed by atoms with Crippen LogP contribution >= 0.6 is 11.6 Å². The Labute approximate surface area is 195 Å². The average molecular weight is 465 g/mol. The normalized spacial score (nSPS) is 10.6. The Hall–Kier alpha value is -4.04. The molecule has 2 N–H and O–H groups in total. The van der Waals surface area contributed by atoms with Crippen LogP contribution in [0, 0.1) is 6.92 Å². The highest BCUT2D eigenvalue weighted by Crippen LogP contribution is 2.23.